The highest BCUT2D eigenvalue weighted by molar-refractivity contribution is 5.64. The van der Waals surface area contributed by atoms with Gasteiger partial charge >= 0.3 is 0 Å². The lowest BCUT2D eigenvalue weighted by Crippen LogP contribution is -1.97. The van der Waals surface area contributed by atoms with Crippen molar-refractivity contribution in [1.82, 2.24) is 0 Å². The number of benzene rings is 2. The van der Waals surface area contributed by atoms with Gasteiger partial charge in [-0.25, -0.2) is 0 Å². The molecule has 3 nitrogen and oxygen atoms in total. The number of nitriles is 1. The third-order valence-corrected chi connectivity index (χ3v) is 3.08. The molecule has 0 aromatic heterocycles. The summed E-state index contributed by atoms with van der Waals surface area (Å²) in [7, 11) is 0. The Hall–Kier alpha value is -2.73. The van der Waals surface area contributed by atoms with Gasteiger partial charge in [0.1, 0.15) is 17.5 Å². The largest absolute Gasteiger partial charge is 0.494 e. The molecule has 0 bridgehead atoms. The van der Waals surface area contributed by atoms with Crippen LogP contribution in [0.5, 0.6) is 5.75 Å². The summed E-state index contributed by atoms with van der Waals surface area (Å²) in [5.41, 5.74) is 3.53. The maximum atomic E-state index is 9.28. The Kier molecular flexibility index (Phi) is 5.62. The van der Waals surface area contributed by atoms with Crippen molar-refractivity contribution in [2.24, 2.45) is 0 Å². The Morgan fingerprint density at radius 3 is 2.64 bits per heavy atom. The van der Waals surface area contributed by atoms with Gasteiger partial charge in [-0.05, 0) is 54.8 Å². The average Bonchev–Trinajstić information content (AvgIpc) is 2.53. The third kappa shape index (κ3) is 4.68. The van der Waals surface area contributed by atoms with Crippen molar-refractivity contribution in [3.63, 3.8) is 0 Å². The van der Waals surface area contributed by atoms with Crippen LogP contribution < -0.4 is 10.1 Å². The molecule has 0 heterocycles. The first kappa shape index (κ1) is 15.7. The quantitative estimate of drug-likeness (QED) is 0.781. The fourth-order valence-electron chi connectivity index (χ4n) is 2.02. The molecule has 0 aliphatic carbocycles. The summed E-state index contributed by atoms with van der Waals surface area (Å²) >= 11 is 0. The molecule has 0 unspecified atom stereocenters. The first-order valence-electron chi connectivity index (χ1n) is 7.39. The van der Waals surface area contributed by atoms with E-state index in [1.165, 1.54) is 0 Å². The van der Waals surface area contributed by atoms with Crippen LogP contribution in [-0.2, 0) is 0 Å². The van der Waals surface area contributed by atoms with E-state index >= 15 is 0 Å². The topological polar surface area (TPSA) is 45.0 Å². The molecule has 22 heavy (non-hydrogen) atoms. The molecular weight excluding hydrogens is 272 g/mol. The van der Waals surface area contributed by atoms with Gasteiger partial charge in [0.05, 0.1) is 6.61 Å². The van der Waals surface area contributed by atoms with E-state index in [2.05, 4.69) is 18.3 Å². The number of allylic oxidation sites excluding steroid dienone is 1. The lowest BCUT2D eigenvalue weighted by Gasteiger charge is -2.07. The second-order valence-electron chi connectivity index (χ2n) is 5.08. The Morgan fingerprint density at radius 2 is 2.00 bits per heavy atom. The SMILES string of the molecule is CCCOc1ccc(C=C(C#N)Nc2cccc(C)c2)cc1. The minimum absolute atomic E-state index is 0.507. The molecule has 0 atom stereocenters. The van der Waals surface area contributed by atoms with Crippen LogP contribution in [-0.4, -0.2) is 6.61 Å². The van der Waals surface area contributed by atoms with E-state index in [1.807, 2.05) is 61.5 Å². The molecule has 0 spiro atoms. The van der Waals surface area contributed by atoms with Crippen LogP contribution in [0.4, 0.5) is 5.69 Å². The van der Waals surface area contributed by atoms with E-state index in [0.29, 0.717) is 12.3 Å². The van der Waals surface area contributed by atoms with Crippen LogP contribution in [0.3, 0.4) is 0 Å². The molecular formula is C19H20N2O. The zero-order chi connectivity index (χ0) is 15.8. The third-order valence-electron chi connectivity index (χ3n) is 3.08. The highest BCUT2D eigenvalue weighted by Crippen LogP contribution is 2.17. The van der Waals surface area contributed by atoms with Crippen LogP contribution in [0.15, 0.2) is 54.2 Å². The average molecular weight is 292 g/mol. The maximum absolute atomic E-state index is 9.28. The van der Waals surface area contributed by atoms with Crippen LogP contribution in [0.2, 0.25) is 0 Å². The molecule has 0 saturated heterocycles. The van der Waals surface area contributed by atoms with Gasteiger partial charge in [-0.15, -0.1) is 0 Å². The second-order valence-corrected chi connectivity index (χ2v) is 5.08. The van der Waals surface area contributed by atoms with Gasteiger partial charge in [-0.3, -0.25) is 0 Å². The first-order chi connectivity index (χ1) is 10.7. The van der Waals surface area contributed by atoms with Gasteiger partial charge in [0, 0.05) is 5.69 Å². The van der Waals surface area contributed by atoms with Gasteiger partial charge in [0.2, 0.25) is 0 Å². The molecule has 0 amide bonds. The Labute approximate surface area is 131 Å². The van der Waals surface area contributed by atoms with E-state index in [0.717, 1.165) is 29.0 Å². The molecule has 2 rings (SSSR count). The predicted octanol–water partition coefficient (Wildman–Crippen LogP) is 4.76. The predicted molar refractivity (Wildman–Crippen MR) is 90.6 cm³/mol. The van der Waals surface area contributed by atoms with E-state index in [9.17, 15) is 5.26 Å². The Balaban J connectivity index is 2.10. The van der Waals surface area contributed by atoms with E-state index in [-0.39, 0.29) is 0 Å². The lowest BCUT2D eigenvalue weighted by atomic mass is 10.1. The van der Waals surface area contributed by atoms with Crippen LogP contribution in [0, 0.1) is 18.3 Å². The van der Waals surface area contributed by atoms with Gasteiger partial charge in [-0.1, -0.05) is 31.2 Å². The number of anilines is 1. The second kappa shape index (κ2) is 7.90. The van der Waals surface area contributed by atoms with Crippen molar-refractivity contribution in [2.75, 3.05) is 11.9 Å². The van der Waals surface area contributed by atoms with Gasteiger partial charge in [0.15, 0.2) is 0 Å². The summed E-state index contributed by atoms with van der Waals surface area (Å²) in [5.74, 6) is 0.851. The van der Waals surface area contributed by atoms with Crippen LogP contribution >= 0.6 is 0 Å². The minimum Gasteiger partial charge on any atom is -0.494 e. The summed E-state index contributed by atoms with van der Waals surface area (Å²) in [4.78, 5) is 0. The number of aryl methyl sites for hydroxylation is 1. The first-order valence-corrected chi connectivity index (χ1v) is 7.39. The summed E-state index contributed by atoms with van der Waals surface area (Å²) in [6, 6.07) is 17.9. The Bertz CT molecular complexity index is 681. The lowest BCUT2D eigenvalue weighted by molar-refractivity contribution is 0.317. The molecule has 0 fully saturated rings. The van der Waals surface area contributed by atoms with Gasteiger partial charge in [0.25, 0.3) is 0 Å². The van der Waals surface area contributed by atoms with Gasteiger partial charge in [-0.2, -0.15) is 5.26 Å². The molecule has 0 saturated carbocycles. The van der Waals surface area contributed by atoms with Crippen molar-refractivity contribution in [1.29, 1.82) is 5.26 Å². The Morgan fingerprint density at radius 1 is 1.23 bits per heavy atom. The molecule has 112 valence electrons. The maximum Gasteiger partial charge on any atom is 0.119 e. The number of nitrogens with zero attached hydrogens (tertiary/aromatic N) is 1. The summed E-state index contributed by atoms with van der Waals surface area (Å²) < 4.78 is 5.55. The number of ether oxygens (including phenoxy) is 1. The highest BCUT2D eigenvalue weighted by Gasteiger charge is 1.99. The molecule has 0 aliphatic heterocycles. The fourth-order valence-corrected chi connectivity index (χ4v) is 2.02. The zero-order valence-electron chi connectivity index (χ0n) is 13.0. The van der Waals surface area contributed by atoms with E-state index in [4.69, 9.17) is 4.74 Å². The monoisotopic (exact) mass is 292 g/mol. The number of nitrogens with one attached hydrogen (secondary N) is 1. The summed E-state index contributed by atoms with van der Waals surface area (Å²) in [6.07, 6.45) is 2.81. The van der Waals surface area contributed by atoms with E-state index < -0.39 is 0 Å². The van der Waals surface area contributed by atoms with Crippen molar-refractivity contribution in [2.45, 2.75) is 20.3 Å². The molecule has 0 radical (unpaired) electrons. The van der Waals surface area contributed by atoms with Crippen molar-refractivity contribution in [3.8, 4) is 11.8 Å². The minimum atomic E-state index is 0.507. The van der Waals surface area contributed by atoms with Crippen LogP contribution in [0.25, 0.3) is 6.08 Å². The van der Waals surface area contributed by atoms with E-state index in [1.54, 1.807) is 0 Å². The molecule has 1 N–H and O–H groups in total. The standard InChI is InChI=1S/C19H20N2O/c1-3-11-22-19-9-7-16(8-10-19)13-18(14-20)21-17-6-4-5-15(2)12-17/h4-10,12-13,21H,3,11H2,1-2H3. The number of hydrogen-bond acceptors (Lipinski definition) is 3. The number of hydrogen-bond donors (Lipinski definition) is 1. The smallest absolute Gasteiger partial charge is 0.119 e. The normalized spacial score (nSPS) is 10.9. The van der Waals surface area contributed by atoms with Crippen molar-refractivity contribution in [3.05, 3.63) is 65.4 Å². The van der Waals surface area contributed by atoms with Crippen molar-refractivity contribution >= 4 is 11.8 Å². The summed E-state index contributed by atoms with van der Waals surface area (Å²) in [5, 5.41) is 12.4. The number of rotatable bonds is 6. The summed E-state index contributed by atoms with van der Waals surface area (Å²) in [6.45, 7) is 4.82. The van der Waals surface area contributed by atoms with Crippen molar-refractivity contribution < 1.29 is 4.74 Å². The fraction of sp³-hybridized carbons (Fsp3) is 0.211. The van der Waals surface area contributed by atoms with Crippen LogP contribution in [0.1, 0.15) is 24.5 Å². The molecule has 2 aromatic carbocycles. The molecule has 3 heteroatoms. The van der Waals surface area contributed by atoms with Gasteiger partial charge < -0.3 is 10.1 Å². The molecule has 2 aromatic rings. The molecule has 0 aliphatic rings. The zero-order valence-corrected chi connectivity index (χ0v) is 13.0. The highest BCUT2D eigenvalue weighted by atomic mass is 16.5.